The number of halogens is 1. The Hall–Kier alpha value is -1.89. The van der Waals surface area contributed by atoms with Gasteiger partial charge in [-0.2, -0.15) is 5.26 Å². The summed E-state index contributed by atoms with van der Waals surface area (Å²) in [6, 6.07) is 8.05. The molecule has 0 heterocycles. The highest BCUT2D eigenvalue weighted by atomic mass is 19.1. The number of carbonyl (C=O) groups excluding carboxylic acids is 1. The van der Waals surface area contributed by atoms with Crippen LogP contribution in [0.3, 0.4) is 0 Å². The number of benzene rings is 1. The van der Waals surface area contributed by atoms with Crippen molar-refractivity contribution < 1.29 is 9.18 Å². The monoisotopic (exact) mass is 234 g/mol. The van der Waals surface area contributed by atoms with Crippen LogP contribution in [0.2, 0.25) is 0 Å². The number of hydrogen-bond donors (Lipinski definition) is 1. The summed E-state index contributed by atoms with van der Waals surface area (Å²) in [5.74, 6) is -1.59. The van der Waals surface area contributed by atoms with Crippen LogP contribution < -0.4 is 5.32 Å². The molecule has 1 unspecified atom stereocenters. The van der Waals surface area contributed by atoms with Crippen molar-refractivity contribution in [3.8, 4) is 6.07 Å². The van der Waals surface area contributed by atoms with Crippen molar-refractivity contribution in [2.45, 2.75) is 26.3 Å². The van der Waals surface area contributed by atoms with Crippen LogP contribution in [0.25, 0.3) is 0 Å². The van der Waals surface area contributed by atoms with Crippen molar-refractivity contribution in [2.24, 2.45) is 5.92 Å². The summed E-state index contributed by atoms with van der Waals surface area (Å²) in [5.41, 5.74) is 0.387. The molecular weight excluding hydrogens is 219 g/mol. The summed E-state index contributed by atoms with van der Waals surface area (Å²) >= 11 is 0. The first-order chi connectivity index (χ1) is 8.04. The lowest BCUT2D eigenvalue weighted by atomic mass is 9.99. The van der Waals surface area contributed by atoms with Crippen LogP contribution in [0.15, 0.2) is 24.3 Å². The van der Waals surface area contributed by atoms with Gasteiger partial charge in [0, 0.05) is 12.5 Å². The van der Waals surface area contributed by atoms with E-state index >= 15 is 0 Å². The number of nitrogens with zero attached hydrogens (tertiary/aromatic N) is 1. The van der Waals surface area contributed by atoms with E-state index in [1.807, 2.05) is 19.9 Å². The van der Waals surface area contributed by atoms with Crippen LogP contribution in [0.5, 0.6) is 0 Å². The lowest BCUT2D eigenvalue weighted by molar-refractivity contribution is -0.123. The zero-order chi connectivity index (χ0) is 12.8. The van der Waals surface area contributed by atoms with E-state index in [2.05, 4.69) is 5.32 Å². The first-order valence-electron chi connectivity index (χ1n) is 5.48. The first-order valence-corrected chi connectivity index (χ1v) is 5.48. The molecule has 0 aromatic heterocycles. The number of nitrogens with one attached hydrogen (secondary N) is 1. The molecule has 4 heteroatoms. The van der Waals surface area contributed by atoms with Crippen molar-refractivity contribution in [1.82, 2.24) is 5.32 Å². The molecule has 1 N–H and O–H groups in total. The standard InChI is InChI=1S/C13H15FN2O/c1-9(2)16-13(17)11(8-15)7-10-5-3-4-6-12(10)14/h3-6,9,11H,7H2,1-2H3,(H,16,17). The number of amides is 1. The van der Waals surface area contributed by atoms with Crippen LogP contribution >= 0.6 is 0 Å². The van der Waals surface area contributed by atoms with Gasteiger partial charge in [0.05, 0.1) is 6.07 Å². The molecule has 90 valence electrons. The Kier molecular flexibility index (Phi) is 4.65. The zero-order valence-corrected chi connectivity index (χ0v) is 9.90. The molecule has 17 heavy (non-hydrogen) atoms. The third-order valence-electron chi connectivity index (χ3n) is 2.29. The Labute approximate surface area is 100 Å². The highest BCUT2D eigenvalue weighted by molar-refractivity contribution is 5.81. The first kappa shape index (κ1) is 13.2. The fraction of sp³-hybridized carbons (Fsp3) is 0.385. The minimum atomic E-state index is -0.853. The molecule has 3 nitrogen and oxygen atoms in total. The largest absolute Gasteiger partial charge is 0.353 e. The van der Waals surface area contributed by atoms with E-state index in [1.165, 1.54) is 6.07 Å². The van der Waals surface area contributed by atoms with Gasteiger partial charge >= 0.3 is 0 Å². The second-order valence-corrected chi connectivity index (χ2v) is 4.14. The molecule has 0 spiro atoms. The molecule has 0 aliphatic rings. The van der Waals surface area contributed by atoms with Gasteiger partial charge in [0.25, 0.3) is 0 Å². The minimum Gasteiger partial charge on any atom is -0.353 e. The SMILES string of the molecule is CC(C)NC(=O)C(C#N)Cc1ccccc1F. The second kappa shape index (κ2) is 6.00. The molecule has 1 amide bonds. The highest BCUT2D eigenvalue weighted by Gasteiger charge is 2.20. The van der Waals surface area contributed by atoms with E-state index in [1.54, 1.807) is 18.2 Å². The van der Waals surface area contributed by atoms with Crippen molar-refractivity contribution in [3.63, 3.8) is 0 Å². The normalized spacial score (nSPS) is 11.9. The molecule has 0 aliphatic heterocycles. The maximum atomic E-state index is 13.4. The van der Waals surface area contributed by atoms with Gasteiger partial charge in [-0.25, -0.2) is 4.39 Å². The van der Waals surface area contributed by atoms with Crippen LogP contribution in [0.4, 0.5) is 4.39 Å². The molecule has 1 rings (SSSR count). The number of hydrogen-bond acceptors (Lipinski definition) is 2. The Morgan fingerprint density at radius 3 is 2.65 bits per heavy atom. The van der Waals surface area contributed by atoms with Crippen molar-refractivity contribution in [2.75, 3.05) is 0 Å². The smallest absolute Gasteiger partial charge is 0.237 e. The molecule has 1 aromatic rings. The van der Waals surface area contributed by atoms with Crippen LogP contribution in [0.1, 0.15) is 19.4 Å². The van der Waals surface area contributed by atoms with Gasteiger partial charge < -0.3 is 5.32 Å². The fourth-order valence-electron chi connectivity index (χ4n) is 1.47. The molecule has 0 saturated heterocycles. The Morgan fingerprint density at radius 2 is 2.12 bits per heavy atom. The van der Waals surface area contributed by atoms with Crippen molar-refractivity contribution in [3.05, 3.63) is 35.6 Å². The van der Waals surface area contributed by atoms with E-state index < -0.39 is 5.92 Å². The molecule has 0 radical (unpaired) electrons. The highest BCUT2D eigenvalue weighted by Crippen LogP contribution is 2.12. The van der Waals surface area contributed by atoms with Crippen LogP contribution in [0, 0.1) is 23.1 Å². The van der Waals surface area contributed by atoms with Gasteiger partial charge in [-0.15, -0.1) is 0 Å². The molecular formula is C13H15FN2O. The van der Waals surface area contributed by atoms with E-state index in [9.17, 15) is 9.18 Å². The van der Waals surface area contributed by atoms with E-state index in [-0.39, 0.29) is 24.2 Å². The Bertz CT molecular complexity index is 437. The topological polar surface area (TPSA) is 52.9 Å². The van der Waals surface area contributed by atoms with Gasteiger partial charge in [0.2, 0.25) is 5.91 Å². The predicted molar refractivity (Wildman–Crippen MR) is 62.5 cm³/mol. The summed E-state index contributed by atoms with van der Waals surface area (Å²) in [4.78, 5) is 11.6. The summed E-state index contributed by atoms with van der Waals surface area (Å²) in [7, 11) is 0. The fourth-order valence-corrected chi connectivity index (χ4v) is 1.47. The second-order valence-electron chi connectivity index (χ2n) is 4.14. The quantitative estimate of drug-likeness (QED) is 0.866. The summed E-state index contributed by atoms with van der Waals surface area (Å²) in [6.07, 6.45) is 0.0989. The molecule has 0 bridgehead atoms. The third-order valence-corrected chi connectivity index (χ3v) is 2.29. The average Bonchev–Trinajstić information content (AvgIpc) is 2.27. The number of nitriles is 1. The van der Waals surface area contributed by atoms with Gasteiger partial charge in [0.15, 0.2) is 0 Å². The van der Waals surface area contributed by atoms with E-state index in [0.29, 0.717) is 5.56 Å². The zero-order valence-electron chi connectivity index (χ0n) is 9.90. The van der Waals surface area contributed by atoms with Crippen LogP contribution in [-0.4, -0.2) is 11.9 Å². The lowest BCUT2D eigenvalue weighted by Crippen LogP contribution is -2.36. The van der Waals surface area contributed by atoms with Crippen molar-refractivity contribution >= 4 is 5.91 Å². The van der Waals surface area contributed by atoms with Crippen LogP contribution in [-0.2, 0) is 11.2 Å². The summed E-state index contributed by atoms with van der Waals surface area (Å²) in [5, 5.41) is 11.6. The maximum Gasteiger partial charge on any atom is 0.237 e. The van der Waals surface area contributed by atoms with Crippen molar-refractivity contribution in [1.29, 1.82) is 5.26 Å². The lowest BCUT2D eigenvalue weighted by Gasteiger charge is -2.13. The Morgan fingerprint density at radius 1 is 1.47 bits per heavy atom. The molecule has 0 fully saturated rings. The summed E-state index contributed by atoms with van der Waals surface area (Å²) in [6.45, 7) is 3.63. The average molecular weight is 234 g/mol. The minimum absolute atomic E-state index is 0.0287. The maximum absolute atomic E-state index is 13.4. The summed E-state index contributed by atoms with van der Waals surface area (Å²) < 4.78 is 13.4. The van der Waals surface area contributed by atoms with Gasteiger partial charge in [-0.3, -0.25) is 4.79 Å². The predicted octanol–water partition coefficient (Wildman–Crippen LogP) is 2.03. The molecule has 1 aromatic carbocycles. The van der Waals surface area contributed by atoms with Gasteiger partial charge in [0.1, 0.15) is 11.7 Å². The van der Waals surface area contributed by atoms with Gasteiger partial charge in [-0.05, 0) is 25.5 Å². The third kappa shape index (κ3) is 3.87. The van der Waals surface area contributed by atoms with E-state index in [0.717, 1.165) is 0 Å². The molecule has 0 aliphatic carbocycles. The van der Waals surface area contributed by atoms with E-state index in [4.69, 9.17) is 5.26 Å². The molecule has 0 saturated carbocycles. The Balaban J connectivity index is 2.75. The van der Waals surface area contributed by atoms with Gasteiger partial charge in [-0.1, -0.05) is 18.2 Å². The molecule has 1 atom stereocenters. The number of rotatable bonds is 4. The number of carbonyl (C=O) groups is 1.